The quantitative estimate of drug-likeness (QED) is 0.248. The Labute approximate surface area is 203 Å². The third-order valence-electron chi connectivity index (χ3n) is 3.24. The van der Waals surface area contributed by atoms with Gasteiger partial charge in [-0.2, -0.15) is 0 Å². The fraction of sp³-hybridized carbons (Fsp3) is 0.875. The van der Waals surface area contributed by atoms with Crippen LogP contribution in [0.2, 0.25) is 3.67 Å². The molecule has 0 aromatic carbocycles. The van der Waals surface area contributed by atoms with E-state index in [1.54, 1.807) is 0 Å². The molecule has 0 aromatic rings. The first-order chi connectivity index (χ1) is 10.0. The molecule has 0 saturated heterocycles. The molecule has 120 valence electrons. The molecule has 0 radical (unpaired) electrons. The minimum absolute atomic E-state index is 0. The van der Waals surface area contributed by atoms with Crippen molar-refractivity contribution in [3.05, 3.63) is 0 Å². The van der Waals surface area contributed by atoms with Crippen LogP contribution < -0.4 is 69.3 Å². The van der Waals surface area contributed by atoms with Crippen LogP contribution in [-0.2, 0) is 9.59 Å². The van der Waals surface area contributed by atoms with Gasteiger partial charge in [-0.05, 0) is 12.8 Å². The summed E-state index contributed by atoms with van der Waals surface area (Å²) >= 11 is 1.41. The topological polar surface area (TPSA) is 80.3 Å². The molecule has 0 aliphatic carbocycles. The Morgan fingerprint density at radius 1 is 0.696 bits per heavy atom. The third-order valence-corrected chi connectivity index (χ3v) is 3.95. The number of carboxylic acid groups (broad SMARTS) is 2. The predicted molar refractivity (Wildman–Crippen MR) is 81.7 cm³/mol. The van der Waals surface area contributed by atoms with Crippen molar-refractivity contribution in [1.29, 1.82) is 0 Å². The molecule has 0 aliphatic rings. The maximum Gasteiger partial charge on any atom is 1.00 e. The van der Waals surface area contributed by atoms with Gasteiger partial charge in [0.1, 0.15) is 0 Å². The predicted octanol–water partition coefficient (Wildman–Crippen LogP) is -4.23. The van der Waals surface area contributed by atoms with Crippen molar-refractivity contribution in [2.24, 2.45) is 0 Å². The first-order valence-electron chi connectivity index (χ1n) is 8.44. The van der Waals surface area contributed by atoms with Crippen LogP contribution in [0.5, 0.6) is 0 Å². The molecule has 0 heterocycles. The fourth-order valence-corrected chi connectivity index (χ4v) is 2.44. The molecule has 0 bridgehead atoms. The van der Waals surface area contributed by atoms with E-state index in [1.165, 1.54) is 95.8 Å². The molecular weight excluding hydrogens is 325 g/mol. The third kappa shape index (κ3) is 40.2. The summed E-state index contributed by atoms with van der Waals surface area (Å²) < 4.78 is 1.51. The van der Waals surface area contributed by atoms with Crippen LogP contribution in [0.1, 0.15) is 84.0 Å². The second-order valence-electron chi connectivity index (χ2n) is 5.43. The van der Waals surface area contributed by atoms with Crippen LogP contribution in [0.15, 0.2) is 0 Å². The molecule has 0 amide bonds. The molecule has 7 heteroatoms. The van der Waals surface area contributed by atoms with Crippen molar-refractivity contribution < 1.29 is 78.9 Å². The summed E-state index contributed by atoms with van der Waals surface area (Å²) in [6.45, 7) is 2.29. The molecule has 23 heavy (non-hydrogen) atoms. The average molecular weight is 354 g/mol. The Kier molecular flexibility index (Phi) is 40.7. The van der Waals surface area contributed by atoms with E-state index >= 15 is 0 Å². The van der Waals surface area contributed by atoms with Gasteiger partial charge in [-0.1, -0.05) is 0 Å². The van der Waals surface area contributed by atoms with E-state index in [0.29, 0.717) is 0 Å². The van der Waals surface area contributed by atoms with Crippen molar-refractivity contribution in [2.75, 3.05) is 0 Å². The Hall–Kier alpha value is 1.94. The van der Waals surface area contributed by atoms with Crippen LogP contribution in [-0.4, -0.2) is 39.9 Å². The summed E-state index contributed by atoms with van der Waals surface area (Å²) in [7, 11) is 0. The number of unbranched alkanes of at least 4 members (excludes halogenated alkanes) is 9. The normalized spacial score (nSPS) is 9.00. The van der Waals surface area contributed by atoms with Gasteiger partial charge in [-0.25, -0.2) is 0 Å². The van der Waals surface area contributed by atoms with Gasteiger partial charge in [0.2, 0.25) is 0 Å². The summed E-state index contributed by atoms with van der Waals surface area (Å²) in [6, 6.07) is 0. The summed E-state index contributed by atoms with van der Waals surface area (Å²) in [5, 5.41) is 19.0. The number of hydrogen-bond acceptors (Lipinski definition) is 4. The molecule has 0 fully saturated rings. The standard InChI is InChI=1S/C12H25.C4H6O4.3Na/c1-3-5-7-9-11-12-10-8-6-4-2;5-3(6)1-2-4(7)8;;;/h1,3-12H2,2H3;1-2H2,(H,5,6)(H,7,8);;;/q;;;2*+1/p-2. The molecule has 4 nitrogen and oxygen atoms in total. The van der Waals surface area contributed by atoms with Crippen LogP contribution in [0.3, 0.4) is 0 Å². The minimum atomic E-state index is -1.37. The molecule has 0 atom stereocenters. The van der Waals surface area contributed by atoms with Crippen molar-refractivity contribution in [1.82, 2.24) is 0 Å². The number of carbonyl (C=O) groups excluding carboxylic acids is 2. The van der Waals surface area contributed by atoms with Gasteiger partial charge in [0.25, 0.3) is 0 Å². The number of carboxylic acids is 2. The Bertz CT molecular complexity index is 227. The summed E-state index contributed by atoms with van der Waals surface area (Å²) in [5.41, 5.74) is 0. The van der Waals surface area contributed by atoms with Crippen LogP contribution >= 0.6 is 0 Å². The summed E-state index contributed by atoms with van der Waals surface area (Å²) in [6.07, 6.45) is 13.8. The SMILES string of the molecule is CCCCCCCCCCC[CH2][Na].O=C([O-])CCC(=O)[O-].[Na+].[Na+]. The van der Waals surface area contributed by atoms with E-state index in [9.17, 15) is 19.8 Å². The van der Waals surface area contributed by atoms with Gasteiger partial charge in [0.15, 0.2) is 0 Å². The first-order valence-corrected chi connectivity index (χ1v) is 9.85. The zero-order chi connectivity index (χ0) is 16.3. The van der Waals surface area contributed by atoms with Gasteiger partial charge < -0.3 is 19.8 Å². The molecule has 0 N–H and O–H groups in total. The largest absolute Gasteiger partial charge is 1.00 e. The van der Waals surface area contributed by atoms with E-state index in [2.05, 4.69) is 6.92 Å². The van der Waals surface area contributed by atoms with Gasteiger partial charge in [0.05, 0.1) is 0 Å². The van der Waals surface area contributed by atoms with E-state index in [4.69, 9.17) is 0 Å². The molecule has 0 saturated carbocycles. The summed E-state index contributed by atoms with van der Waals surface area (Å²) in [5.74, 6) is -2.73. The van der Waals surface area contributed by atoms with Crippen LogP contribution in [0.25, 0.3) is 0 Å². The van der Waals surface area contributed by atoms with E-state index in [-0.39, 0.29) is 59.1 Å². The molecular formula is C16H29Na3O4. The van der Waals surface area contributed by atoms with Crippen molar-refractivity contribution in [3.63, 3.8) is 0 Å². The first kappa shape index (κ1) is 32.6. The van der Waals surface area contributed by atoms with Gasteiger partial charge in [-0.3, -0.25) is 0 Å². The Balaban J connectivity index is -0.000000158. The van der Waals surface area contributed by atoms with Crippen molar-refractivity contribution >= 4 is 39.9 Å². The second kappa shape index (κ2) is 28.7. The smallest absolute Gasteiger partial charge is 0.550 e. The number of aliphatic carboxylic acids is 2. The maximum absolute atomic E-state index is 9.50. The van der Waals surface area contributed by atoms with E-state index in [1.807, 2.05) is 0 Å². The number of hydrogen-bond donors (Lipinski definition) is 0. The molecule has 0 spiro atoms. The second-order valence-corrected chi connectivity index (χ2v) is 6.43. The summed E-state index contributed by atoms with van der Waals surface area (Å²) in [4.78, 5) is 19.0. The van der Waals surface area contributed by atoms with Crippen molar-refractivity contribution in [3.8, 4) is 0 Å². The Morgan fingerprint density at radius 3 is 1.26 bits per heavy atom. The average Bonchev–Trinajstić information content (AvgIpc) is 2.44. The van der Waals surface area contributed by atoms with E-state index in [0.717, 1.165) is 0 Å². The molecule has 0 unspecified atom stereocenters. The fourth-order valence-electron chi connectivity index (χ4n) is 1.94. The minimum Gasteiger partial charge on any atom is -0.550 e. The molecule has 0 aromatic heterocycles. The molecule has 0 aliphatic heterocycles. The zero-order valence-electron chi connectivity index (χ0n) is 15.8. The van der Waals surface area contributed by atoms with Crippen molar-refractivity contribution in [2.45, 2.75) is 87.6 Å². The van der Waals surface area contributed by atoms with Gasteiger partial charge in [0, 0.05) is 11.9 Å². The number of carbonyl (C=O) groups is 2. The van der Waals surface area contributed by atoms with Crippen LogP contribution in [0, 0.1) is 0 Å². The zero-order valence-corrected chi connectivity index (χ0v) is 21.8. The van der Waals surface area contributed by atoms with Gasteiger partial charge in [-0.15, -0.1) is 0 Å². The number of rotatable bonds is 13. The monoisotopic (exact) mass is 354 g/mol. The Morgan fingerprint density at radius 2 is 1.00 bits per heavy atom. The maximum atomic E-state index is 9.50. The van der Waals surface area contributed by atoms with E-state index < -0.39 is 24.8 Å². The molecule has 0 rings (SSSR count). The van der Waals surface area contributed by atoms with Crippen LogP contribution in [0.4, 0.5) is 0 Å². The van der Waals surface area contributed by atoms with Gasteiger partial charge >= 0.3 is 162 Å².